The van der Waals surface area contributed by atoms with E-state index in [9.17, 15) is 13.9 Å². The molecule has 0 bridgehead atoms. The van der Waals surface area contributed by atoms with E-state index in [1.54, 1.807) is 12.1 Å². The van der Waals surface area contributed by atoms with Gasteiger partial charge in [0.2, 0.25) is 0 Å². The Morgan fingerprint density at radius 3 is 2.32 bits per heavy atom. The van der Waals surface area contributed by atoms with Crippen molar-refractivity contribution in [3.63, 3.8) is 0 Å². The number of benzene rings is 2. The molecule has 0 saturated heterocycles. The molecular weight excluding hydrogens is 250 g/mol. The molecule has 0 spiro atoms. The molecule has 4 heteroatoms. The Labute approximate surface area is 110 Å². The van der Waals surface area contributed by atoms with Crippen LogP contribution in [0.5, 0.6) is 5.75 Å². The summed E-state index contributed by atoms with van der Waals surface area (Å²) in [6.07, 6.45) is 0. The van der Waals surface area contributed by atoms with Crippen molar-refractivity contribution in [2.45, 2.75) is 12.5 Å². The second-order valence-corrected chi connectivity index (χ2v) is 4.43. The number of halogens is 2. The summed E-state index contributed by atoms with van der Waals surface area (Å²) in [5, 5.41) is 10.5. The van der Waals surface area contributed by atoms with E-state index in [-0.39, 0.29) is 5.75 Å². The molecule has 0 fully saturated rings. The molecule has 0 aliphatic carbocycles. The first-order chi connectivity index (χ1) is 8.95. The zero-order chi connectivity index (χ0) is 14.0. The van der Waals surface area contributed by atoms with Crippen molar-refractivity contribution in [1.82, 2.24) is 0 Å². The Balaban J connectivity index is 2.47. The first kappa shape index (κ1) is 13.5. The number of rotatable bonds is 3. The monoisotopic (exact) mass is 264 g/mol. The predicted molar refractivity (Wildman–Crippen MR) is 68.0 cm³/mol. The van der Waals surface area contributed by atoms with Crippen molar-refractivity contribution in [2.24, 2.45) is 0 Å². The Kier molecular flexibility index (Phi) is 3.53. The summed E-state index contributed by atoms with van der Waals surface area (Å²) in [4.78, 5) is 0. The molecule has 0 saturated carbocycles. The van der Waals surface area contributed by atoms with Gasteiger partial charge in [-0.1, -0.05) is 18.2 Å². The lowest BCUT2D eigenvalue weighted by Gasteiger charge is -2.25. The highest BCUT2D eigenvalue weighted by atomic mass is 19.1. The molecule has 0 aliphatic rings. The van der Waals surface area contributed by atoms with E-state index in [4.69, 9.17) is 4.74 Å². The Morgan fingerprint density at radius 1 is 1.05 bits per heavy atom. The minimum absolute atomic E-state index is 0.0961. The van der Waals surface area contributed by atoms with Gasteiger partial charge in [0, 0.05) is 0 Å². The van der Waals surface area contributed by atoms with Crippen LogP contribution in [0, 0.1) is 11.6 Å². The highest BCUT2D eigenvalue weighted by Gasteiger charge is 2.27. The van der Waals surface area contributed by atoms with Crippen molar-refractivity contribution in [2.75, 3.05) is 7.11 Å². The molecule has 1 unspecified atom stereocenters. The lowest BCUT2D eigenvalue weighted by Crippen LogP contribution is -2.23. The number of hydrogen-bond donors (Lipinski definition) is 1. The Morgan fingerprint density at radius 2 is 1.74 bits per heavy atom. The summed E-state index contributed by atoms with van der Waals surface area (Å²) >= 11 is 0. The number of aliphatic hydroxyl groups is 1. The minimum Gasteiger partial charge on any atom is -0.494 e. The van der Waals surface area contributed by atoms with Crippen molar-refractivity contribution < 1.29 is 18.6 Å². The van der Waals surface area contributed by atoms with Crippen LogP contribution >= 0.6 is 0 Å². The molecule has 1 N–H and O–H groups in total. The summed E-state index contributed by atoms with van der Waals surface area (Å²) in [5.74, 6) is -0.928. The quantitative estimate of drug-likeness (QED) is 0.922. The summed E-state index contributed by atoms with van der Waals surface area (Å²) in [7, 11) is 1.36. The molecule has 0 radical (unpaired) electrons. The van der Waals surface area contributed by atoms with Gasteiger partial charge in [0.15, 0.2) is 11.6 Å². The van der Waals surface area contributed by atoms with E-state index in [0.717, 1.165) is 0 Å². The summed E-state index contributed by atoms with van der Waals surface area (Å²) in [6, 6.07) is 9.76. The fourth-order valence-corrected chi connectivity index (χ4v) is 1.93. The van der Waals surface area contributed by atoms with Gasteiger partial charge in [0.05, 0.1) is 7.11 Å². The molecule has 2 rings (SSSR count). The van der Waals surface area contributed by atoms with E-state index in [1.165, 1.54) is 44.4 Å². The third kappa shape index (κ3) is 2.58. The highest BCUT2D eigenvalue weighted by molar-refractivity contribution is 5.39. The molecule has 0 aromatic heterocycles. The van der Waals surface area contributed by atoms with Crippen molar-refractivity contribution in [1.29, 1.82) is 0 Å². The molecule has 0 amide bonds. The van der Waals surface area contributed by atoms with Crippen LogP contribution in [0.15, 0.2) is 42.5 Å². The first-order valence-electron chi connectivity index (χ1n) is 5.77. The summed E-state index contributed by atoms with van der Waals surface area (Å²) in [6.45, 7) is 1.49. The number of methoxy groups -OCH3 is 1. The summed E-state index contributed by atoms with van der Waals surface area (Å²) in [5.41, 5.74) is -0.789. The van der Waals surface area contributed by atoms with Crippen LogP contribution in [0.3, 0.4) is 0 Å². The number of ether oxygens (including phenoxy) is 1. The third-order valence-electron chi connectivity index (χ3n) is 3.10. The number of hydrogen-bond acceptors (Lipinski definition) is 2. The van der Waals surface area contributed by atoms with E-state index >= 15 is 0 Å². The lowest BCUT2D eigenvalue weighted by atomic mass is 9.88. The minimum atomic E-state index is -1.48. The van der Waals surface area contributed by atoms with Gasteiger partial charge in [0.25, 0.3) is 0 Å². The molecule has 2 nitrogen and oxygen atoms in total. The average molecular weight is 264 g/mol. The van der Waals surface area contributed by atoms with Gasteiger partial charge in [-0.25, -0.2) is 8.78 Å². The second kappa shape index (κ2) is 4.97. The van der Waals surface area contributed by atoms with Crippen molar-refractivity contribution in [3.8, 4) is 5.75 Å². The fraction of sp³-hybridized carbons (Fsp3) is 0.200. The van der Waals surface area contributed by atoms with E-state index in [1.807, 2.05) is 0 Å². The van der Waals surface area contributed by atoms with Gasteiger partial charge in [-0.2, -0.15) is 0 Å². The Bertz CT molecular complexity index is 594. The highest BCUT2D eigenvalue weighted by Crippen LogP contribution is 2.31. The van der Waals surface area contributed by atoms with Gasteiger partial charge in [-0.05, 0) is 42.3 Å². The smallest absolute Gasteiger partial charge is 0.165 e. The van der Waals surface area contributed by atoms with E-state index in [0.29, 0.717) is 11.1 Å². The maximum Gasteiger partial charge on any atom is 0.165 e. The zero-order valence-corrected chi connectivity index (χ0v) is 10.7. The fourth-order valence-electron chi connectivity index (χ4n) is 1.93. The standard InChI is InChI=1S/C15H14F2O2/c1-15(18,10-4-3-5-12(16)8-10)11-6-7-14(19-2)13(17)9-11/h3-9,18H,1-2H3. The van der Waals surface area contributed by atoms with Gasteiger partial charge in [-0.15, -0.1) is 0 Å². The van der Waals surface area contributed by atoms with E-state index in [2.05, 4.69) is 0 Å². The second-order valence-electron chi connectivity index (χ2n) is 4.43. The molecule has 0 aliphatic heterocycles. The van der Waals surface area contributed by atoms with Crippen molar-refractivity contribution >= 4 is 0 Å². The van der Waals surface area contributed by atoms with Crippen LogP contribution in [0.2, 0.25) is 0 Å². The average Bonchev–Trinajstić information content (AvgIpc) is 2.38. The topological polar surface area (TPSA) is 29.5 Å². The van der Waals surface area contributed by atoms with E-state index < -0.39 is 17.2 Å². The largest absolute Gasteiger partial charge is 0.494 e. The van der Waals surface area contributed by atoms with Gasteiger partial charge in [-0.3, -0.25) is 0 Å². The van der Waals surface area contributed by atoms with Gasteiger partial charge < -0.3 is 9.84 Å². The van der Waals surface area contributed by atoms with Crippen molar-refractivity contribution in [3.05, 3.63) is 65.2 Å². The van der Waals surface area contributed by atoms with Gasteiger partial charge >= 0.3 is 0 Å². The third-order valence-corrected chi connectivity index (χ3v) is 3.10. The molecule has 19 heavy (non-hydrogen) atoms. The molecule has 1 atom stereocenters. The molecular formula is C15H14F2O2. The van der Waals surface area contributed by atoms with Gasteiger partial charge in [0.1, 0.15) is 11.4 Å². The molecule has 2 aromatic carbocycles. The van der Waals surface area contributed by atoms with Crippen LogP contribution in [0.4, 0.5) is 8.78 Å². The normalized spacial score (nSPS) is 13.9. The Hall–Kier alpha value is -1.94. The SMILES string of the molecule is COc1ccc(C(C)(O)c2cccc(F)c2)cc1F. The lowest BCUT2D eigenvalue weighted by molar-refractivity contribution is 0.101. The maximum atomic E-state index is 13.7. The zero-order valence-electron chi connectivity index (χ0n) is 10.7. The predicted octanol–water partition coefficient (Wildman–Crippen LogP) is 3.23. The first-order valence-corrected chi connectivity index (χ1v) is 5.77. The molecule has 100 valence electrons. The van der Waals surface area contributed by atoms with Crippen LogP contribution < -0.4 is 4.74 Å². The molecule has 0 heterocycles. The summed E-state index contributed by atoms with van der Waals surface area (Å²) < 4.78 is 31.7. The van der Waals surface area contributed by atoms with Crippen LogP contribution in [-0.2, 0) is 5.60 Å². The molecule has 2 aromatic rings. The van der Waals surface area contributed by atoms with Crippen LogP contribution in [0.25, 0.3) is 0 Å². The maximum absolute atomic E-state index is 13.7. The van der Waals surface area contributed by atoms with Crippen LogP contribution in [0.1, 0.15) is 18.1 Å². The van der Waals surface area contributed by atoms with Crippen LogP contribution in [-0.4, -0.2) is 12.2 Å².